The van der Waals surface area contributed by atoms with Crippen LogP contribution < -0.4 is 0 Å². The van der Waals surface area contributed by atoms with Gasteiger partial charge in [0, 0.05) is 30.4 Å². The Kier molecular flexibility index (Phi) is 3.29. The summed E-state index contributed by atoms with van der Waals surface area (Å²) in [5.41, 5.74) is 4.50. The van der Waals surface area contributed by atoms with Crippen molar-refractivity contribution < 1.29 is 4.79 Å². The number of carbonyl (C=O) groups excluding carboxylic acids is 1. The number of nitrogens with zero attached hydrogens (tertiary/aromatic N) is 2. The predicted octanol–water partition coefficient (Wildman–Crippen LogP) is 3.59. The van der Waals surface area contributed by atoms with E-state index in [9.17, 15) is 4.79 Å². The molecular formula is C20H20N2O. The van der Waals surface area contributed by atoms with Crippen LogP contribution in [0.2, 0.25) is 0 Å². The third kappa shape index (κ3) is 2.37. The Morgan fingerprint density at radius 1 is 1.13 bits per heavy atom. The summed E-state index contributed by atoms with van der Waals surface area (Å²) in [6.07, 6.45) is 8.24. The molecule has 2 aliphatic rings. The average Bonchev–Trinajstić information content (AvgIpc) is 2.95. The number of allylic oxidation sites excluding steroid dienone is 1. The maximum atomic E-state index is 12.6. The maximum Gasteiger partial charge on any atom is 0.255 e. The lowest BCUT2D eigenvalue weighted by molar-refractivity contribution is 0.0690. The molecular weight excluding hydrogens is 284 g/mol. The van der Waals surface area contributed by atoms with Crippen molar-refractivity contribution in [2.24, 2.45) is 0 Å². The number of hydrogen-bond acceptors (Lipinski definition) is 2. The number of rotatable bonds is 1. The highest BCUT2D eigenvalue weighted by molar-refractivity contribution is 5.94. The molecule has 3 nitrogen and oxygen atoms in total. The quantitative estimate of drug-likeness (QED) is 0.806. The number of fused-ring (bicyclic) bond motifs is 2. The van der Waals surface area contributed by atoms with Gasteiger partial charge in [0.25, 0.3) is 5.91 Å². The lowest BCUT2D eigenvalue weighted by Gasteiger charge is -2.39. The number of benzene rings is 1. The Hall–Kier alpha value is -2.42. The fourth-order valence-corrected chi connectivity index (χ4v) is 3.76. The summed E-state index contributed by atoms with van der Waals surface area (Å²) in [7, 11) is 0. The molecule has 2 heterocycles. The summed E-state index contributed by atoms with van der Waals surface area (Å²) in [5.74, 6) is 0.0996. The van der Waals surface area contributed by atoms with E-state index in [1.54, 1.807) is 6.20 Å². The number of carbonyl (C=O) groups is 1. The summed E-state index contributed by atoms with van der Waals surface area (Å²) in [6.45, 7) is 3.53. The zero-order valence-corrected chi connectivity index (χ0v) is 13.3. The summed E-state index contributed by atoms with van der Waals surface area (Å²) in [5, 5.41) is 0. The van der Waals surface area contributed by atoms with Crippen LogP contribution in [-0.2, 0) is 5.41 Å². The van der Waals surface area contributed by atoms with E-state index in [1.165, 1.54) is 11.1 Å². The fraction of sp³-hybridized carbons (Fsp3) is 0.300. The molecule has 0 N–H and O–H groups in total. The molecule has 1 saturated heterocycles. The molecule has 0 unspecified atom stereocenters. The first kappa shape index (κ1) is 14.2. The van der Waals surface area contributed by atoms with Crippen molar-refractivity contribution in [2.75, 3.05) is 13.1 Å². The molecule has 4 rings (SSSR count). The summed E-state index contributed by atoms with van der Waals surface area (Å²) < 4.78 is 0. The van der Waals surface area contributed by atoms with E-state index in [0.717, 1.165) is 31.6 Å². The van der Waals surface area contributed by atoms with Crippen molar-refractivity contribution in [1.29, 1.82) is 0 Å². The lowest BCUT2D eigenvalue weighted by atomic mass is 9.74. The smallest absolute Gasteiger partial charge is 0.255 e. The van der Waals surface area contributed by atoms with Crippen LogP contribution in [0.15, 0.2) is 48.7 Å². The van der Waals surface area contributed by atoms with Gasteiger partial charge in [-0.05, 0) is 43.0 Å². The van der Waals surface area contributed by atoms with Crippen molar-refractivity contribution in [3.63, 3.8) is 0 Å². The van der Waals surface area contributed by atoms with Crippen LogP contribution in [0.4, 0.5) is 0 Å². The molecule has 116 valence electrons. The van der Waals surface area contributed by atoms with Gasteiger partial charge in [-0.25, -0.2) is 0 Å². The van der Waals surface area contributed by atoms with Gasteiger partial charge in [-0.1, -0.05) is 36.4 Å². The van der Waals surface area contributed by atoms with Crippen LogP contribution in [0.1, 0.15) is 40.0 Å². The zero-order valence-electron chi connectivity index (χ0n) is 13.3. The van der Waals surface area contributed by atoms with Gasteiger partial charge >= 0.3 is 0 Å². The van der Waals surface area contributed by atoms with Gasteiger partial charge < -0.3 is 4.90 Å². The van der Waals surface area contributed by atoms with Crippen LogP contribution in [0.25, 0.3) is 6.08 Å². The Balaban J connectivity index is 1.51. The minimum Gasteiger partial charge on any atom is -0.339 e. The van der Waals surface area contributed by atoms with Gasteiger partial charge in [0.05, 0.1) is 5.56 Å². The Labute approximate surface area is 136 Å². The first-order chi connectivity index (χ1) is 11.2. The van der Waals surface area contributed by atoms with Crippen LogP contribution in [0.3, 0.4) is 0 Å². The van der Waals surface area contributed by atoms with E-state index in [4.69, 9.17) is 0 Å². The van der Waals surface area contributed by atoms with Crippen LogP contribution in [0.5, 0.6) is 0 Å². The van der Waals surface area contributed by atoms with Crippen molar-refractivity contribution in [3.8, 4) is 0 Å². The molecule has 1 aliphatic carbocycles. The predicted molar refractivity (Wildman–Crippen MR) is 91.3 cm³/mol. The van der Waals surface area contributed by atoms with Crippen molar-refractivity contribution in [2.45, 2.75) is 25.2 Å². The minimum atomic E-state index is 0.0996. The van der Waals surface area contributed by atoms with Gasteiger partial charge in [-0.2, -0.15) is 0 Å². The Morgan fingerprint density at radius 2 is 1.91 bits per heavy atom. The van der Waals surface area contributed by atoms with E-state index in [-0.39, 0.29) is 11.3 Å². The lowest BCUT2D eigenvalue weighted by Crippen LogP contribution is -2.44. The summed E-state index contributed by atoms with van der Waals surface area (Å²) in [6, 6.07) is 12.4. The highest BCUT2D eigenvalue weighted by Crippen LogP contribution is 2.43. The highest BCUT2D eigenvalue weighted by atomic mass is 16.2. The van der Waals surface area contributed by atoms with Crippen LogP contribution in [-0.4, -0.2) is 28.9 Å². The standard InChI is InChI=1S/C20H20N2O/c1-15-6-7-17(14-21-15)19(23)22-12-10-20(11-13-22)9-8-16-4-2-3-5-18(16)20/h2-9,14H,10-13H2,1H3. The van der Waals surface area contributed by atoms with E-state index in [2.05, 4.69) is 41.4 Å². The SMILES string of the molecule is Cc1ccc(C(=O)N2CCC3(C=Cc4ccccc43)CC2)cn1. The van der Waals surface area contributed by atoms with Crippen molar-refractivity contribution >= 4 is 12.0 Å². The van der Waals surface area contributed by atoms with E-state index in [0.29, 0.717) is 5.56 Å². The molecule has 1 aromatic heterocycles. The summed E-state index contributed by atoms with van der Waals surface area (Å²) >= 11 is 0. The monoisotopic (exact) mass is 304 g/mol. The number of piperidine rings is 1. The highest BCUT2D eigenvalue weighted by Gasteiger charge is 2.38. The van der Waals surface area contributed by atoms with Gasteiger partial charge in [-0.3, -0.25) is 9.78 Å². The van der Waals surface area contributed by atoms with Crippen LogP contribution in [0, 0.1) is 6.92 Å². The molecule has 23 heavy (non-hydrogen) atoms. The Bertz CT molecular complexity index is 768. The molecule has 2 aromatic rings. The van der Waals surface area contributed by atoms with Crippen molar-refractivity contribution in [3.05, 3.63) is 71.1 Å². The first-order valence-corrected chi connectivity index (χ1v) is 8.19. The number of pyridine rings is 1. The third-order valence-electron chi connectivity index (χ3n) is 5.18. The van der Waals surface area contributed by atoms with E-state index in [1.807, 2.05) is 24.0 Å². The normalized spacial score (nSPS) is 18.2. The largest absolute Gasteiger partial charge is 0.339 e. The van der Waals surface area contributed by atoms with E-state index < -0.39 is 0 Å². The third-order valence-corrected chi connectivity index (χ3v) is 5.18. The van der Waals surface area contributed by atoms with Gasteiger partial charge in [-0.15, -0.1) is 0 Å². The topological polar surface area (TPSA) is 33.2 Å². The number of likely N-dealkylation sites (tertiary alicyclic amines) is 1. The maximum absolute atomic E-state index is 12.6. The zero-order chi connectivity index (χ0) is 15.9. The van der Waals surface area contributed by atoms with Gasteiger partial charge in [0.2, 0.25) is 0 Å². The molecule has 3 heteroatoms. The summed E-state index contributed by atoms with van der Waals surface area (Å²) in [4.78, 5) is 18.8. The molecule has 0 saturated carbocycles. The van der Waals surface area contributed by atoms with Crippen LogP contribution >= 0.6 is 0 Å². The molecule has 1 spiro atoms. The second-order valence-corrected chi connectivity index (χ2v) is 6.56. The first-order valence-electron chi connectivity index (χ1n) is 8.19. The molecule has 0 radical (unpaired) electrons. The molecule has 0 atom stereocenters. The molecule has 1 amide bonds. The average molecular weight is 304 g/mol. The molecule has 0 bridgehead atoms. The van der Waals surface area contributed by atoms with Gasteiger partial charge in [0.1, 0.15) is 0 Å². The molecule has 1 fully saturated rings. The number of hydrogen-bond donors (Lipinski definition) is 0. The number of aromatic nitrogens is 1. The minimum absolute atomic E-state index is 0.0996. The number of aryl methyl sites for hydroxylation is 1. The fourth-order valence-electron chi connectivity index (χ4n) is 3.76. The van der Waals surface area contributed by atoms with Gasteiger partial charge in [0.15, 0.2) is 0 Å². The molecule has 1 aromatic carbocycles. The second kappa shape index (κ2) is 5.34. The Morgan fingerprint density at radius 3 is 2.65 bits per heavy atom. The van der Waals surface area contributed by atoms with Crippen molar-refractivity contribution in [1.82, 2.24) is 9.88 Å². The molecule has 1 aliphatic heterocycles. The second-order valence-electron chi connectivity index (χ2n) is 6.56. The number of amides is 1. The van der Waals surface area contributed by atoms with E-state index >= 15 is 0 Å².